The number of nitriles is 1. The molecule has 94 valence electrons. The summed E-state index contributed by atoms with van der Waals surface area (Å²) in [6.45, 7) is 0. The predicted molar refractivity (Wildman–Crippen MR) is 67.1 cm³/mol. The monoisotopic (exact) mass is 275 g/mol. The van der Waals surface area contributed by atoms with Crippen LogP contribution in [0.15, 0.2) is 36.4 Å². The van der Waals surface area contributed by atoms with Gasteiger partial charge in [0.1, 0.15) is 17.0 Å². The molecular weight excluding hydrogens is 270 g/mol. The molecule has 1 heterocycles. The van der Waals surface area contributed by atoms with Crippen LogP contribution in [0, 0.1) is 21.4 Å². The summed E-state index contributed by atoms with van der Waals surface area (Å²) < 4.78 is 5.35. The molecule has 0 spiro atoms. The first-order valence-corrected chi connectivity index (χ1v) is 5.47. The van der Waals surface area contributed by atoms with Crippen molar-refractivity contribution in [3.63, 3.8) is 0 Å². The van der Waals surface area contributed by atoms with E-state index in [-0.39, 0.29) is 22.5 Å². The van der Waals surface area contributed by atoms with Crippen LogP contribution in [0.3, 0.4) is 0 Å². The summed E-state index contributed by atoms with van der Waals surface area (Å²) in [4.78, 5) is 13.9. The SMILES string of the molecule is N#Cc1ccccc1Oc1cc([N+](=O)[O-])cc(Cl)n1. The molecule has 1 aromatic carbocycles. The number of hydrogen-bond donors (Lipinski definition) is 0. The summed E-state index contributed by atoms with van der Waals surface area (Å²) in [5, 5.41) is 19.5. The van der Waals surface area contributed by atoms with E-state index in [0.29, 0.717) is 5.56 Å². The summed E-state index contributed by atoms with van der Waals surface area (Å²) in [5.41, 5.74) is 0.0661. The third-order valence-electron chi connectivity index (χ3n) is 2.19. The molecule has 0 radical (unpaired) electrons. The molecule has 0 fully saturated rings. The molecule has 0 saturated carbocycles. The number of halogens is 1. The van der Waals surface area contributed by atoms with Gasteiger partial charge in [0, 0.05) is 0 Å². The van der Waals surface area contributed by atoms with E-state index in [1.807, 2.05) is 6.07 Å². The van der Waals surface area contributed by atoms with Crippen molar-refractivity contribution >= 4 is 17.3 Å². The molecule has 2 aromatic rings. The third-order valence-corrected chi connectivity index (χ3v) is 2.38. The van der Waals surface area contributed by atoms with Gasteiger partial charge in [0.05, 0.1) is 22.6 Å². The van der Waals surface area contributed by atoms with Crippen molar-refractivity contribution in [2.45, 2.75) is 0 Å². The minimum atomic E-state index is -0.601. The zero-order chi connectivity index (χ0) is 13.8. The maximum Gasteiger partial charge on any atom is 0.277 e. The van der Waals surface area contributed by atoms with E-state index < -0.39 is 4.92 Å². The quantitative estimate of drug-likeness (QED) is 0.487. The number of benzene rings is 1. The summed E-state index contributed by atoms with van der Waals surface area (Å²) in [6, 6.07) is 10.7. The number of ether oxygens (including phenoxy) is 1. The largest absolute Gasteiger partial charge is 0.437 e. The van der Waals surface area contributed by atoms with Crippen molar-refractivity contribution in [1.82, 2.24) is 4.98 Å². The number of rotatable bonds is 3. The zero-order valence-electron chi connectivity index (χ0n) is 9.41. The predicted octanol–water partition coefficient (Wildman–Crippen LogP) is 3.31. The van der Waals surface area contributed by atoms with Gasteiger partial charge in [0.15, 0.2) is 0 Å². The van der Waals surface area contributed by atoms with Gasteiger partial charge in [-0.2, -0.15) is 5.26 Å². The fraction of sp³-hybridized carbons (Fsp3) is 0. The van der Waals surface area contributed by atoms with Crippen molar-refractivity contribution in [3.8, 4) is 17.7 Å². The number of nitro groups is 1. The number of aromatic nitrogens is 1. The van der Waals surface area contributed by atoms with Crippen LogP contribution < -0.4 is 4.74 Å². The maximum atomic E-state index is 10.7. The van der Waals surface area contributed by atoms with Crippen LogP contribution in [0.1, 0.15) is 5.56 Å². The number of nitrogens with zero attached hydrogens (tertiary/aromatic N) is 3. The topological polar surface area (TPSA) is 89.0 Å². The molecule has 1 aromatic heterocycles. The fourth-order valence-electron chi connectivity index (χ4n) is 1.38. The van der Waals surface area contributed by atoms with E-state index in [0.717, 1.165) is 12.1 Å². The lowest BCUT2D eigenvalue weighted by Gasteiger charge is -2.06. The molecule has 7 heteroatoms. The van der Waals surface area contributed by atoms with Gasteiger partial charge in [-0.15, -0.1) is 0 Å². The van der Waals surface area contributed by atoms with E-state index >= 15 is 0 Å². The van der Waals surface area contributed by atoms with Crippen molar-refractivity contribution in [3.05, 3.63) is 57.2 Å². The highest BCUT2D eigenvalue weighted by atomic mass is 35.5. The van der Waals surface area contributed by atoms with Gasteiger partial charge in [-0.25, -0.2) is 4.98 Å². The first-order valence-electron chi connectivity index (χ1n) is 5.09. The number of hydrogen-bond acceptors (Lipinski definition) is 5. The number of pyridine rings is 1. The van der Waals surface area contributed by atoms with Crippen molar-refractivity contribution in [1.29, 1.82) is 5.26 Å². The highest BCUT2D eigenvalue weighted by molar-refractivity contribution is 6.29. The van der Waals surface area contributed by atoms with Crippen LogP contribution >= 0.6 is 11.6 Å². The van der Waals surface area contributed by atoms with Gasteiger partial charge in [-0.05, 0) is 12.1 Å². The van der Waals surface area contributed by atoms with E-state index in [2.05, 4.69) is 4.98 Å². The Hall–Kier alpha value is -2.65. The fourth-order valence-corrected chi connectivity index (χ4v) is 1.57. The minimum absolute atomic E-state index is 0.0399. The van der Waals surface area contributed by atoms with Gasteiger partial charge < -0.3 is 4.74 Å². The van der Waals surface area contributed by atoms with Crippen LogP contribution in [0.4, 0.5) is 5.69 Å². The summed E-state index contributed by atoms with van der Waals surface area (Å²) in [5.74, 6) is 0.218. The molecule has 0 aliphatic carbocycles. The Morgan fingerprint density at radius 2 is 2.11 bits per heavy atom. The summed E-state index contributed by atoms with van der Waals surface area (Å²) in [7, 11) is 0. The smallest absolute Gasteiger partial charge is 0.277 e. The molecule has 0 N–H and O–H groups in total. The zero-order valence-corrected chi connectivity index (χ0v) is 10.2. The second-order valence-corrected chi connectivity index (χ2v) is 3.84. The van der Waals surface area contributed by atoms with E-state index in [4.69, 9.17) is 21.6 Å². The van der Waals surface area contributed by atoms with E-state index in [9.17, 15) is 10.1 Å². The maximum absolute atomic E-state index is 10.7. The van der Waals surface area contributed by atoms with E-state index in [1.165, 1.54) is 0 Å². The molecule has 6 nitrogen and oxygen atoms in total. The van der Waals surface area contributed by atoms with Gasteiger partial charge in [0.25, 0.3) is 5.69 Å². The standard InChI is InChI=1S/C12H6ClN3O3/c13-11-5-9(16(17)18)6-12(15-11)19-10-4-2-1-3-8(10)7-14/h1-6H. The average molecular weight is 276 g/mol. The highest BCUT2D eigenvalue weighted by Crippen LogP contribution is 2.27. The highest BCUT2D eigenvalue weighted by Gasteiger charge is 2.12. The molecule has 0 unspecified atom stereocenters. The van der Waals surface area contributed by atoms with Crippen LogP contribution in [0.5, 0.6) is 11.6 Å². The normalized spacial score (nSPS) is 9.68. The second kappa shape index (κ2) is 5.33. The average Bonchev–Trinajstić information content (AvgIpc) is 2.38. The Labute approximate surface area is 113 Å². The molecule has 0 atom stereocenters. The second-order valence-electron chi connectivity index (χ2n) is 3.45. The van der Waals surface area contributed by atoms with Crippen molar-refractivity contribution in [2.24, 2.45) is 0 Å². The Kier molecular flexibility index (Phi) is 3.59. The van der Waals surface area contributed by atoms with Crippen LogP contribution in [-0.4, -0.2) is 9.91 Å². The third kappa shape index (κ3) is 2.97. The van der Waals surface area contributed by atoms with E-state index in [1.54, 1.807) is 24.3 Å². The molecule has 0 saturated heterocycles. The van der Waals surface area contributed by atoms with Gasteiger partial charge in [0.2, 0.25) is 5.88 Å². The molecule has 0 amide bonds. The minimum Gasteiger partial charge on any atom is -0.437 e. The summed E-state index contributed by atoms with van der Waals surface area (Å²) in [6.07, 6.45) is 0. The Balaban J connectivity index is 2.39. The Bertz CT molecular complexity index is 682. The molecular formula is C12H6ClN3O3. The van der Waals surface area contributed by atoms with Crippen LogP contribution in [-0.2, 0) is 0 Å². The lowest BCUT2D eigenvalue weighted by Crippen LogP contribution is -1.94. The molecule has 2 rings (SSSR count). The summed E-state index contributed by atoms with van der Waals surface area (Å²) >= 11 is 5.67. The molecule has 19 heavy (non-hydrogen) atoms. The van der Waals surface area contributed by atoms with Gasteiger partial charge >= 0.3 is 0 Å². The number of para-hydroxylation sites is 1. The lowest BCUT2D eigenvalue weighted by molar-refractivity contribution is -0.385. The Morgan fingerprint density at radius 3 is 2.79 bits per heavy atom. The first kappa shape index (κ1) is 12.8. The molecule has 0 aliphatic rings. The van der Waals surface area contributed by atoms with Gasteiger partial charge in [-0.3, -0.25) is 10.1 Å². The Morgan fingerprint density at radius 1 is 1.37 bits per heavy atom. The first-order chi connectivity index (χ1) is 9.10. The molecule has 0 bridgehead atoms. The lowest BCUT2D eigenvalue weighted by atomic mass is 10.2. The van der Waals surface area contributed by atoms with Crippen LogP contribution in [0.25, 0.3) is 0 Å². The van der Waals surface area contributed by atoms with Crippen LogP contribution in [0.2, 0.25) is 5.15 Å². The van der Waals surface area contributed by atoms with Crippen molar-refractivity contribution < 1.29 is 9.66 Å². The van der Waals surface area contributed by atoms with Crippen molar-refractivity contribution in [2.75, 3.05) is 0 Å². The molecule has 0 aliphatic heterocycles. The van der Waals surface area contributed by atoms with Gasteiger partial charge in [-0.1, -0.05) is 23.7 Å².